The Bertz CT molecular complexity index is 952. The van der Waals surface area contributed by atoms with E-state index in [1.807, 2.05) is 34.6 Å². The van der Waals surface area contributed by atoms with Crippen LogP contribution in [0.2, 0.25) is 0 Å². The highest BCUT2D eigenvalue weighted by atomic mass is 32.2. The minimum atomic E-state index is -4.06. The van der Waals surface area contributed by atoms with E-state index in [1.165, 1.54) is 12.1 Å². The number of hydrogen-bond acceptors (Lipinski definition) is 4. The standard InChI is InChI=1S/C22H29FN2O4S/c1-6-16(2)25(21(26)24-22(3,4)5)15-17-7-11-19(12-8-17)29-30(27,28)20-13-9-18(23)10-14-20/h7-14,16H,6,15H2,1-5H3,(H,24,26). The average Bonchev–Trinajstić information content (AvgIpc) is 2.65. The van der Waals surface area contributed by atoms with Crippen LogP contribution in [0, 0.1) is 5.82 Å². The zero-order valence-corrected chi connectivity index (χ0v) is 18.8. The van der Waals surface area contributed by atoms with Crippen LogP contribution in [0.15, 0.2) is 53.4 Å². The van der Waals surface area contributed by atoms with E-state index < -0.39 is 15.9 Å². The van der Waals surface area contributed by atoms with Crippen LogP contribution in [-0.4, -0.2) is 30.9 Å². The summed E-state index contributed by atoms with van der Waals surface area (Å²) in [7, 11) is -4.06. The summed E-state index contributed by atoms with van der Waals surface area (Å²) in [6.45, 7) is 10.1. The van der Waals surface area contributed by atoms with E-state index in [0.717, 1.165) is 36.2 Å². The Morgan fingerprint density at radius 1 is 1.10 bits per heavy atom. The number of urea groups is 1. The highest BCUT2D eigenvalue weighted by Gasteiger charge is 2.23. The number of amides is 2. The van der Waals surface area contributed by atoms with Gasteiger partial charge in [0.05, 0.1) is 0 Å². The molecule has 1 unspecified atom stereocenters. The zero-order valence-electron chi connectivity index (χ0n) is 18.0. The topological polar surface area (TPSA) is 75.7 Å². The first-order valence-electron chi connectivity index (χ1n) is 9.79. The van der Waals surface area contributed by atoms with Crippen LogP contribution in [0.25, 0.3) is 0 Å². The van der Waals surface area contributed by atoms with Crippen LogP contribution >= 0.6 is 0 Å². The van der Waals surface area contributed by atoms with Gasteiger partial charge in [-0.25, -0.2) is 9.18 Å². The molecule has 0 fully saturated rings. The van der Waals surface area contributed by atoms with Gasteiger partial charge in [0.2, 0.25) is 0 Å². The van der Waals surface area contributed by atoms with Crippen LogP contribution < -0.4 is 9.50 Å². The van der Waals surface area contributed by atoms with Crippen LogP contribution in [0.5, 0.6) is 5.75 Å². The van der Waals surface area contributed by atoms with Crippen molar-refractivity contribution in [3.63, 3.8) is 0 Å². The summed E-state index contributed by atoms with van der Waals surface area (Å²) in [5.41, 5.74) is 0.487. The number of benzene rings is 2. The molecule has 0 saturated carbocycles. The van der Waals surface area contributed by atoms with Gasteiger partial charge in [0.1, 0.15) is 16.5 Å². The summed E-state index contributed by atoms with van der Waals surface area (Å²) < 4.78 is 42.8. The van der Waals surface area contributed by atoms with Crippen LogP contribution in [0.4, 0.5) is 9.18 Å². The lowest BCUT2D eigenvalue weighted by Crippen LogP contribution is -2.50. The fraction of sp³-hybridized carbons (Fsp3) is 0.409. The summed E-state index contributed by atoms with van der Waals surface area (Å²) in [6.07, 6.45) is 0.800. The van der Waals surface area contributed by atoms with Crippen molar-refractivity contribution in [2.75, 3.05) is 0 Å². The number of rotatable bonds is 7. The number of halogens is 1. The normalized spacial score (nSPS) is 12.9. The first kappa shape index (κ1) is 23.7. The van der Waals surface area contributed by atoms with Gasteiger partial charge in [-0.3, -0.25) is 0 Å². The molecule has 0 radical (unpaired) electrons. The molecule has 2 amide bonds. The third-order valence-corrected chi connectivity index (χ3v) is 5.71. The molecule has 0 saturated heterocycles. The fourth-order valence-corrected chi connectivity index (χ4v) is 3.59. The van der Waals surface area contributed by atoms with Crippen molar-refractivity contribution in [1.29, 1.82) is 0 Å². The Morgan fingerprint density at radius 3 is 2.17 bits per heavy atom. The smallest absolute Gasteiger partial charge is 0.339 e. The monoisotopic (exact) mass is 436 g/mol. The van der Waals surface area contributed by atoms with Crippen molar-refractivity contribution in [2.24, 2.45) is 0 Å². The Balaban J connectivity index is 2.13. The predicted molar refractivity (Wildman–Crippen MR) is 114 cm³/mol. The van der Waals surface area contributed by atoms with Crippen molar-refractivity contribution < 1.29 is 21.8 Å². The van der Waals surface area contributed by atoms with Crippen molar-refractivity contribution in [3.05, 3.63) is 59.9 Å². The summed E-state index contributed by atoms with van der Waals surface area (Å²) in [5, 5.41) is 2.98. The Morgan fingerprint density at radius 2 is 1.67 bits per heavy atom. The minimum absolute atomic E-state index is 0.0298. The molecule has 0 aromatic heterocycles. The predicted octanol–water partition coefficient (Wildman–Crippen LogP) is 4.70. The van der Waals surface area contributed by atoms with Gasteiger partial charge in [0, 0.05) is 18.1 Å². The molecule has 0 spiro atoms. The molecule has 0 heterocycles. The van der Waals surface area contributed by atoms with Crippen molar-refractivity contribution in [2.45, 2.75) is 64.1 Å². The van der Waals surface area contributed by atoms with Gasteiger partial charge in [-0.1, -0.05) is 19.1 Å². The molecule has 8 heteroatoms. The van der Waals surface area contributed by atoms with E-state index in [-0.39, 0.29) is 28.3 Å². The summed E-state index contributed by atoms with van der Waals surface area (Å²) in [6, 6.07) is 10.8. The van der Waals surface area contributed by atoms with E-state index in [4.69, 9.17) is 4.18 Å². The molecule has 164 valence electrons. The SMILES string of the molecule is CCC(C)N(Cc1ccc(OS(=O)(=O)c2ccc(F)cc2)cc1)C(=O)NC(C)(C)C. The zero-order chi connectivity index (χ0) is 22.5. The lowest BCUT2D eigenvalue weighted by molar-refractivity contribution is 0.165. The van der Waals surface area contributed by atoms with Crippen LogP contribution in [-0.2, 0) is 16.7 Å². The Labute approximate surface area is 178 Å². The van der Waals surface area contributed by atoms with Crippen molar-refractivity contribution >= 4 is 16.1 Å². The minimum Gasteiger partial charge on any atom is -0.379 e. The first-order valence-corrected chi connectivity index (χ1v) is 11.2. The first-order chi connectivity index (χ1) is 13.9. The molecule has 6 nitrogen and oxygen atoms in total. The maximum Gasteiger partial charge on any atom is 0.339 e. The third-order valence-electron chi connectivity index (χ3n) is 4.45. The molecule has 0 aliphatic rings. The van der Waals surface area contributed by atoms with Gasteiger partial charge >= 0.3 is 16.1 Å². The number of carbonyl (C=O) groups excluding carboxylic acids is 1. The maximum absolute atomic E-state index is 13.0. The fourth-order valence-electron chi connectivity index (χ4n) is 2.66. The lowest BCUT2D eigenvalue weighted by atomic mass is 10.1. The van der Waals surface area contributed by atoms with E-state index in [0.29, 0.717) is 6.54 Å². The molecule has 0 bridgehead atoms. The maximum atomic E-state index is 13.0. The quantitative estimate of drug-likeness (QED) is 0.638. The molecular weight excluding hydrogens is 407 g/mol. The van der Waals surface area contributed by atoms with Gasteiger partial charge in [-0.2, -0.15) is 8.42 Å². The van der Waals surface area contributed by atoms with Gasteiger partial charge < -0.3 is 14.4 Å². The Kier molecular flexibility index (Phi) is 7.47. The second kappa shape index (κ2) is 9.47. The molecule has 2 aromatic carbocycles. The number of carbonyl (C=O) groups is 1. The van der Waals surface area contributed by atoms with Crippen LogP contribution in [0.3, 0.4) is 0 Å². The molecule has 1 atom stereocenters. The molecule has 2 aromatic rings. The lowest BCUT2D eigenvalue weighted by Gasteiger charge is -2.32. The highest BCUT2D eigenvalue weighted by molar-refractivity contribution is 7.87. The summed E-state index contributed by atoms with van der Waals surface area (Å²) >= 11 is 0. The molecule has 0 aliphatic heterocycles. The molecule has 2 rings (SSSR count). The van der Waals surface area contributed by atoms with E-state index >= 15 is 0 Å². The second-order valence-corrected chi connectivity index (χ2v) is 9.75. The van der Waals surface area contributed by atoms with Crippen LogP contribution in [0.1, 0.15) is 46.6 Å². The number of nitrogens with zero attached hydrogens (tertiary/aromatic N) is 1. The summed E-state index contributed by atoms with van der Waals surface area (Å²) in [4.78, 5) is 14.3. The number of hydrogen-bond donors (Lipinski definition) is 1. The van der Waals surface area contributed by atoms with Gasteiger partial charge in [0.25, 0.3) is 0 Å². The largest absolute Gasteiger partial charge is 0.379 e. The second-order valence-electron chi connectivity index (χ2n) is 8.20. The van der Waals surface area contributed by atoms with Crippen molar-refractivity contribution in [1.82, 2.24) is 10.2 Å². The molecular formula is C22H29FN2O4S. The summed E-state index contributed by atoms with van der Waals surface area (Å²) in [5.74, 6) is -0.392. The van der Waals surface area contributed by atoms with E-state index in [9.17, 15) is 17.6 Å². The molecule has 0 aliphatic carbocycles. The van der Waals surface area contributed by atoms with Gasteiger partial charge in [-0.05, 0) is 76.1 Å². The average molecular weight is 437 g/mol. The van der Waals surface area contributed by atoms with E-state index in [1.54, 1.807) is 17.0 Å². The third kappa shape index (κ3) is 6.73. The van der Waals surface area contributed by atoms with Crippen molar-refractivity contribution in [3.8, 4) is 5.75 Å². The molecule has 1 N–H and O–H groups in total. The van der Waals surface area contributed by atoms with Gasteiger partial charge in [0.15, 0.2) is 0 Å². The van der Waals surface area contributed by atoms with Gasteiger partial charge in [-0.15, -0.1) is 0 Å². The highest BCUT2D eigenvalue weighted by Crippen LogP contribution is 2.21. The van der Waals surface area contributed by atoms with E-state index in [2.05, 4.69) is 5.32 Å². The molecule has 30 heavy (non-hydrogen) atoms. The number of nitrogens with one attached hydrogen (secondary N) is 1. The Hall–Kier alpha value is -2.61.